The van der Waals surface area contributed by atoms with Gasteiger partial charge in [-0.15, -0.1) is 11.3 Å². The molecule has 7 nitrogen and oxygen atoms in total. The van der Waals surface area contributed by atoms with E-state index in [1.165, 1.54) is 0 Å². The van der Waals surface area contributed by atoms with Crippen LogP contribution < -0.4 is 5.32 Å². The zero-order valence-corrected chi connectivity index (χ0v) is 18.1. The molecule has 0 aromatic carbocycles. The van der Waals surface area contributed by atoms with Gasteiger partial charge < -0.3 is 10.1 Å². The molecule has 5 rings (SSSR count). The minimum Gasteiger partial charge on any atom is -0.379 e. The van der Waals surface area contributed by atoms with Gasteiger partial charge in [-0.1, -0.05) is 6.07 Å². The van der Waals surface area contributed by atoms with Crippen LogP contribution in [0.3, 0.4) is 0 Å². The van der Waals surface area contributed by atoms with E-state index in [1.807, 2.05) is 49.1 Å². The summed E-state index contributed by atoms with van der Waals surface area (Å²) in [7, 11) is 1.89. The van der Waals surface area contributed by atoms with Crippen LogP contribution >= 0.6 is 11.3 Å². The molecule has 0 bridgehead atoms. The van der Waals surface area contributed by atoms with Crippen molar-refractivity contribution in [1.82, 2.24) is 25.1 Å². The van der Waals surface area contributed by atoms with Crippen molar-refractivity contribution in [2.45, 2.75) is 25.3 Å². The molecule has 1 fully saturated rings. The maximum atomic E-state index is 12.8. The van der Waals surface area contributed by atoms with Gasteiger partial charge in [0.1, 0.15) is 11.4 Å². The molecule has 158 valence electrons. The average molecular weight is 434 g/mol. The van der Waals surface area contributed by atoms with E-state index in [2.05, 4.69) is 26.4 Å². The minimum atomic E-state index is -0.145. The lowest BCUT2D eigenvalue weighted by molar-refractivity contribution is 0.0622. The summed E-state index contributed by atoms with van der Waals surface area (Å²) in [6.07, 6.45) is 6.37. The fourth-order valence-corrected chi connectivity index (χ4v) is 4.69. The minimum absolute atomic E-state index is 0.0491. The summed E-state index contributed by atoms with van der Waals surface area (Å²) < 4.78 is 8.34. The van der Waals surface area contributed by atoms with Crippen LogP contribution in [-0.2, 0) is 18.2 Å². The number of hydrogen-bond acceptors (Lipinski definition) is 6. The van der Waals surface area contributed by atoms with Crippen LogP contribution in [0, 0.1) is 0 Å². The zero-order valence-electron chi connectivity index (χ0n) is 17.2. The third kappa shape index (κ3) is 4.35. The molecule has 1 amide bonds. The molecule has 0 aliphatic carbocycles. The third-order valence-electron chi connectivity index (χ3n) is 5.41. The topological polar surface area (TPSA) is 81.9 Å². The number of carbonyl (C=O) groups is 1. The number of ether oxygens (including phenoxy) is 1. The number of carbonyl (C=O) groups excluding carboxylic acids is 1. The van der Waals surface area contributed by atoms with E-state index in [-0.39, 0.29) is 11.9 Å². The first-order valence-corrected chi connectivity index (χ1v) is 11.2. The molecule has 5 heterocycles. The highest BCUT2D eigenvalue weighted by Crippen LogP contribution is 2.27. The predicted octanol–water partition coefficient (Wildman–Crippen LogP) is 3.59. The first-order valence-electron chi connectivity index (χ1n) is 10.4. The molecular weight excluding hydrogens is 410 g/mol. The molecule has 0 unspecified atom stereocenters. The summed E-state index contributed by atoms with van der Waals surface area (Å²) in [4.78, 5) is 22.0. The Morgan fingerprint density at radius 2 is 2.23 bits per heavy atom. The lowest BCUT2D eigenvalue weighted by Gasteiger charge is -2.23. The number of nitrogens with one attached hydrogen (secondary N) is 1. The Bertz CT molecular complexity index is 1210. The van der Waals surface area contributed by atoms with Crippen LogP contribution in [-0.4, -0.2) is 44.9 Å². The Labute approximate surface area is 184 Å². The Kier molecular flexibility index (Phi) is 5.48. The number of hydrogen-bond donors (Lipinski definition) is 1. The maximum absolute atomic E-state index is 12.8. The number of rotatable bonds is 5. The van der Waals surface area contributed by atoms with Crippen molar-refractivity contribution in [2.75, 3.05) is 13.2 Å². The van der Waals surface area contributed by atoms with E-state index in [0.717, 1.165) is 52.2 Å². The van der Waals surface area contributed by atoms with Crippen molar-refractivity contribution in [3.05, 3.63) is 64.9 Å². The van der Waals surface area contributed by atoms with Gasteiger partial charge in [-0.05, 0) is 53.6 Å². The van der Waals surface area contributed by atoms with Crippen LogP contribution in [0.2, 0.25) is 0 Å². The fourth-order valence-electron chi connectivity index (χ4n) is 3.84. The summed E-state index contributed by atoms with van der Waals surface area (Å²) in [5.41, 5.74) is 5.15. The average Bonchev–Trinajstić information content (AvgIpc) is 3.44. The SMILES string of the molecule is Cn1ccc(-c2ccc(Cc3cc(C(=O)N[C@H]4CCCOC4)nc4ccsc34)cn2)n1. The molecule has 0 spiro atoms. The zero-order chi connectivity index (χ0) is 21.2. The number of aromatic nitrogens is 4. The standard InChI is InChI=1S/C23H23N5O2S/c1-28-8-6-19(27-28)18-5-4-15(13-24-18)11-16-12-21(26-20-7-10-31-22(16)20)23(29)25-17-3-2-9-30-14-17/h4-8,10,12-13,17H,2-3,9,11,14H2,1H3,(H,25,29)/t17-/m0/s1. The van der Waals surface area contributed by atoms with E-state index in [1.54, 1.807) is 16.0 Å². The summed E-state index contributed by atoms with van der Waals surface area (Å²) >= 11 is 1.64. The van der Waals surface area contributed by atoms with Crippen LogP contribution in [0.15, 0.2) is 48.1 Å². The third-order valence-corrected chi connectivity index (χ3v) is 6.39. The lowest BCUT2D eigenvalue weighted by Crippen LogP contribution is -2.40. The van der Waals surface area contributed by atoms with E-state index in [9.17, 15) is 4.79 Å². The quantitative estimate of drug-likeness (QED) is 0.520. The molecule has 1 N–H and O–H groups in total. The van der Waals surface area contributed by atoms with Gasteiger partial charge in [0.15, 0.2) is 0 Å². The highest BCUT2D eigenvalue weighted by atomic mass is 32.1. The molecule has 4 aromatic rings. The first kappa shape index (κ1) is 19.8. The van der Waals surface area contributed by atoms with E-state index in [0.29, 0.717) is 18.7 Å². The normalized spacial score (nSPS) is 16.5. The van der Waals surface area contributed by atoms with Crippen LogP contribution in [0.5, 0.6) is 0 Å². The second kappa shape index (κ2) is 8.56. The second-order valence-corrected chi connectivity index (χ2v) is 8.71. The van der Waals surface area contributed by atoms with Gasteiger partial charge in [-0.25, -0.2) is 4.98 Å². The summed E-state index contributed by atoms with van der Waals surface area (Å²) in [5.74, 6) is -0.145. The number of aryl methyl sites for hydroxylation is 1. The maximum Gasteiger partial charge on any atom is 0.270 e. The first-order chi connectivity index (χ1) is 15.2. The van der Waals surface area contributed by atoms with E-state index >= 15 is 0 Å². The van der Waals surface area contributed by atoms with Crippen LogP contribution in [0.4, 0.5) is 0 Å². The molecule has 1 atom stereocenters. The highest BCUT2D eigenvalue weighted by Gasteiger charge is 2.19. The molecule has 0 saturated carbocycles. The molecule has 0 radical (unpaired) electrons. The molecule has 31 heavy (non-hydrogen) atoms. The summed E-state index contributed by atoms with van der Waals surface area (Å²) in [5, 5.41) is 9.48. The van der Waals surface area contributed by atoms with Crippen molar-refractivity contribution in [2.24, 2.45) is 7.05 Å². The fraction of sp³-hybridized carbons (Fsp3) is 0.304. The van der Waals surface area contributed by atoms with Crippen molar-refractivity contribution in [1.29, 1.82) is 0 Å². The van der Waals surface area contributed by atoms with Crippen molar-refractivity contribution >= 4 is 27.5 Å². The number of nitrogens with zero attached hydrogens (tertiary/aromatic N) is 4. The lowest BCUT2D eigenvalue weighted by atomic mass is 10.0. The van der Waals surface area contributed by atoms with Gasteiger partial charge in [0, 0.05) is 32.5 Å². The summed E-state index contributed by atoms with van der Waals surface area (Å²) in [6, 6.07) is 9.92. The van der Waals surface area contributed by atoms with Gasteiger partial charge in [-0.2, -0.15) is 5.10 Å². The molecule has 1 aliphatic heterocycles. The van der Waals surface area contributed by atoms with E-state index in [4.69, 9.17) is 4.74 Å². The Balaban J connectivity index is 1.38. The number of pyridine rings is 2. The predicted molar refractivity (Wildman–Crippen MR) is 120 cm³/mol. The highest BCUT2D eigenvalue weighted by molar-refractivity contribution is 7.17. The van der Waals surface area contributed by atoms with Crippen molar-refractivity contribution in [3.63, 3.8) is 0 Å². The molecular formula is C23H23N5O2S. The number of amides is 1. The number of thiophene rings is 1. The van der Waals surface area contributed by atoms with Gasteiger partial charge in [0.2, 0.25) is 0 Å². The van der Waals surface area contributed by atoms with Gasteiger partial charge in [0.05, 0.1) is 28.6 Å². The second-order valence-electron chi connectivity index (χ2n) is 7.79. The van der Waals surface area contributed by atoms with Crippen molar-refractivity contribution < 1.29 is 9.53 Å². The monoisotopic (exact) mass is 433 g/mol. The summed E-state index contributed by atoms with van der Waals surface area (Å²) in [6.45, 7) is 1.33. The molecule has 1 aliphatic rings. The van der Waals surface area contributed by atoms with Crippen LogP contribution in [0.25, 0.3) is 21.6 Å². The van der Waals surface area contributed by atoms with E-state index < -0.39 is 0 Å². The van der Waals surface area contributed by atoms with Crippen molar-refractivity contribution in [3.8, 4) is 11.4 Å². The largest absolute Gasteiger partial charge is 0.379 e. The Hall–Kier alpha value is -3.10. The Morgan fingerprint density at radius 3 is 2.97 bits per heavy atom. The Morgan fingerprint density at radius 1 is 1.29 bits per heavy atom. The van der Waals surface area contributed by atoms with Gasteiger partial charge >= 0.3 is 0 Å². The molecule has 8 heteroatoms. The molecule has 4 aromatic heterocycles. The van der Waals surface area contributed by atoms with Gasteiger partial charge in [0.25, 0.3) is 5.91 Å². The number of fused-ring (bicyclic) bond motifs is 1. The molecule has 1 saturated heterocycles. The van der Waals surface area contributed by atoms with Gasteiger partial charge in [-0.3, -0.25) is 14.5 Å². The smallest absolute Gasteiger partial charge is 0.270 e. The van der Waals surface area contributed by atoms with Crippen LogP contribution in [0.1, 0.15) is 34.5 Å².